The fourth-order valence-corrected chi connectivity index (χ4v) is 5.12. The summed E-state index contributed by atoms with van der Waals surface area (Å²) in [5.74, 6) is 1.07. The molecule has 4 aromatic rings. The summed E-state index contributed by atoms with van der Waals surface area (Å²) < 4.78 is 8.10. The molecule has 3 heterocycles. The molecule has 32 heavy (non-hydrogen) atoms. The van der Waals surface area contributed by atoms with Crippen LogP contribution in [0.3, 0.4) is 0 Å². The lowest BCUT2D eigenvalue weighted by Gasteiger charge is -2.13. The number of hydrogen-bond acceptors (Lipinski definition) is 6. The van der Waals surface area contributed by atoms with Gasteiger partial charge in [-0.3, -0.25) is 9.59 Å². The third kappa shape index (κ3) is 3.32. The van der Waals surface area contributed by atoms with Crippen molar-refractivity contribution in [2.75, 3.05) is 18.1 Å². The number of carbonyl (C=O) groups is 1. The number of amides is 1. The van der Waals surface area contributed by atoms with Crippen molar-refractivity contribution in [1.29, 1.82) is 0 Å². The Labute approximate surface area is 196 Å². The highest BCUT2D eigenvalue weighted by atomic mass is 79.9. The Morgan fingerprint density at radius 2 is 1.88 bits per heavy atom. The van der Waals surface area contributed by atoms with E-state index in [1.807, 2.05) is 49.4 Å². The summed E-state index contributed by atoms with van der Waals surface area (Å²) in [6, 6.07) is 13.1. The Hall–Kier alpha value is -3.04. The van der Waals surface area contributed by atoms with Gasteiger partial charge in [0, 0.05) is 22.1 Å². The molecule has 0 N–H and O–H groups in total. The van der Waals surface area contributed by atoms with Gasteiger partial charge in [0.25, 0.3) is 11.5 Å². The van der Waals surface area contributed by atoms with E-state index < -0.39 is 0 Å². The Morgan fingerprint density at radius 3 is 2.56 bits per heavy atom. The quantitative estimate of drug-likeness (QED) is 0.409. The van der Waals surface area contributed by atoms with Crippen LogP contribution in [0.1, 0.15) is 25.8 Å². The monoisotopic (exact) mass is 510 g/mol. The number of anilines is 1. The van der Waals surface area contributed by atoms with Gasteiger partial charge in [-0.05, 0) is 55.8 Å². The maximum Gasteiger partial charge on any atom is 0.291 e. The highest BCUT2D eigenvalue weighted by molar-refractivity contribution is 9.10. The smallest absolute Gasteiger partial charge is 0.291 e. The number of likely N-dealkylation sites (N-methyl/N-ethyl adjacent to an activating group) is 1. The third-order valence-corrected chi connectivity index (χ3v) is 6.79. The van der Waals surface area contributed by atoms with E-state index >= 15 is 0 Å². The Kier molecular flexibility index (Phi) is 5.30. The summed E-state index contributed by atoms with van der Waals surface area (Å²) in [6.07, 6.45) is 0.939. The van der Waals surface area contributed by atoms with Gasteiger partial charge in [-0.2, -0.15) is 9.50 Å². The number of halogens is 1. The summed E-state index contributed by atoms with van der Waals surface area (Å²) >= 11 is 4.66. The van der Waals surface area contributed by atoms with Crippen LogP contribution in [-0.4, -0.2) is 33.7 Å². The van der Waals surface area contributed by atoms with Gasteiger partial charge in [0.05, 0.1) is 17.9 Å². The molecule has 0 aliphatic carbocycles. The number of carbonyl (C=O) groups excluding carboxylic acids is 1. The molecule has 7 nitrogen and oxygen atoms in total. The zero-order valence-corrected chi connectivity index (χ0v) is 19.9. The number of ether oxygens (including phenoxy) is 1. The van der Waals surface area contributed by atoms with Gasteiger partial charge in [0.1, 0.15) is 10.3 Å². The zero-order valence-electron chi connectivity index (χ0n) is 17.5. The zero-order chi connectivity index (χ0) is 22.4. The average Bonchev–Trinajstić information content (AvgIpc) is 3.42. The molecule has 0 bridgehead atoms. The molecule has 162 valence electrons. The van der Waals surface area contributed by atoms with E-state index in [2.05, 4.69) is 32.9 Å². The first-order valence-corrected chi connectivity index (χ1v) is 11.9. The van der Waals surface area contributed by atoms with Crippen molar-refractivity contribution in [3.05, 3.63) is 67.4 Å². The fraction of sp³-hybridized carbons (Fsp3) is 0.217. The molecule has 5 rings (SSSR count). The van der Waals surface area contributed by atoms with Crippen molar-refractivity contribution >= 4 is 49.4 Å². The normalized spacial score (nSPS) is 15.0. The van der Waals surface area contributed by atoms with Gasteiger partial charge in [-0.25, -0.2) is 0 Å². The SMILES string of the molecule is CCCOc1ccc(-c2nc3sc(=C4C(=O)N(CC)c5ccc(Br)cc54)c(=O)n3n2)cc1. The number of benzene rings is 2. The van der Waals surface area contributed by atoms with Crippen molar-refractivity contribution in [1.82, 2.24) is 14.6 Å². The average molecular weight is 511 g/mol. The van der Waals surface area contributed by atoms with E-state index in [-0.39, 0.29) is 11.5 Å². The first-order valence-electron chi connectivity index (χ1n) is 10.3. The predicted octanol–water partition coefficient (Wildman–Crippen LogP) is 3.65. The third-order valence-electron chi connectivity index (χ3n) is 5.26. The second kappa shape index (κ2) is 8.14. The van der Waals surface area contributed by atoms with Crippen LogP contribution < -0.4 is 19.7 Å². The van der Waals surface area contributed by atoms with Crippen molar-refractivity contribution in [2.45, 2.75) is 20.3 Å². The molecule has 9 heteroatoms. The number of hydrogen-bond donors (Lipinski definition) is 0. The summed E-state index contributed by atoms with van der Waals surface area (Å²) in [7, 11) is 0. The van der Waals surface area contributed by atoms with E-state index in [0.717, 1.165) is 33.5 Å². The van der Waals surface area contributed by atoms with E-state index in [9.17, 15) is 9.59 Å². The summed E-state index contributed by atoms with van der Waals surface area (Å²) in [5, 5.41) is 4.42. The number of thiazole rings is 1. The standard InChI is InChI=1S/C23H19BrN4O3S/c1-3-11-31-15-8-5-13(6-9-15)20-25-23-28(26-20)22(30)19(32-23)18-16-12-14(24)7-10-17(16)27(4-2)21(18)29/h5-10,12H,3-4,11H2,1-2H3. The first kappa shape index (κ1) is 20.8. The second-order valence-corrected chi connectivity index (χ2v) is 9.22. The molecule has 0 unspecified atom stereocenters. The van der Waals surface area contributed by atoms with Crippen LogP contribution in [-0.2, 0) is 4.79 Å². The van der Waals surface area contributed by atoms with Crippen molar-refractivity contribution < 1.29 is 9.53 Å². The lowest BCUT2D eigenvalue weighted by atomic mass is 10.1. The molecule has 0 fully saturated rings. The molecule has 1 amide bonds. The van der Waals surface area contributed by atoms with Gasteiger partial charge in [0.15, 0.2) is 5.82 Å². The van der Waals surface area contributed by atoms with Crippen LogP contribution >= 0.6 is 27.3 Å². The summed E-state index contributed by atoms with van der Waals surface area (Å²) in [5.41, 5.74) is 2.42. The van der Waals surface area contributed by atoms with Crippen LogP contribution in [0.5, 0.6) is 5.75 Å². The van der Waals surface area contributed by atoms with E-state index in [4.69, 9.17) is 4.74 Å². The number of nitrogens with zero attached hydrogens (tertiary/aromatic N) is 4. The molecular weight excluding hydrogens is 492 g/mol. The molecule has 0 atom stereocenters. The predicted molar refractivity (Wildman–Crippen MR) is 128 cm³/mol. The highest BCUT2D eigenvalue weighted by Gasteiger charge is 2.33. The Balaban J connectivity index is 1.61. The van der Waals surface area contributed by atoms with Crippen LogP contribution in [0, 0.1) is 0 Å². The minimum absolute atomic E-state index is 0.176. The summed E-state index contributed by atoms with van der Waals surface area (Å²) in [4.78, 5) is 33.0. The van der Waals surface area contributed by atoms with Crippen molar-refractivity contribution in [3.8, 4) is 17.1 Å². The van der Waals surface area contributed by atoms with Gasteiger partial charge >= 0.3 is 0 Å². The van der Waals surface area contributed by atoms with Crippen LogP contribution in [0.4, 0.5) is 5.69 Å². The second-order valence-electron chi connectivity index (χ2n) is 7.32. The number of aromatic nitrogens is 3. The molecule has 2 aromatic carbocycles. The van der Waals surface area contributed by atoms with Gasteiger partial charge in [-0.15, -0.1) is 5.10 Å². The van der Waals surface area contributed by atoms with Crippen molar-refractivity contribution in [2.24, 2.45) is 0 Å². The van der Waals surface area contributed by atoms with Crippen LogP contribution in [0.2, 0.25) is 0 Å². The van der Waals surface area contributed by atoms with E-state index in [0.29, 0.717) is 34.0 Å². The number of fused-ring (bicyclic) bond motifs is 2. The molecule has 1 aliphatic heterocycles. The highest BCUT2D eigenvalue weighted by Crippen LogP contribution is 2.37. The summed E-state index contributed by atoms with van der Waals surface area (Å²) in [6.45, 7) is 5.15. The van der Waals surface area contributed by atoms with Gasteiger partial charge in [-0.1, -0.05) is 34.2 Å². The topological polar surface area (TPSA) is 76.8 Å². The first-order chi connectivity index (χ1) is 15.5. The van der Waals surface area contributed by atoms with Crippen LogP contribution in [0.15, 0.2) is 51.7 Å². The maximum atomic E-state index is 13.2. The molecule has 0 radical (unpaired) electrons. The fourth-order valence-electron chi connectivity index (χ4n) is 3.76. The lowest BCUT2D eigenvalue weighted by Crippen LogP contribution is -2.32. The van der Waals surface area contributed by atoms with E-state index in [1.165, 1.54) is 15.9 Å². The molecular formula is C23H19BrN4O3S. The molecule has 0 spiro atoms. The largest absolute Gasteiger partial charge is 0.494 e. The van der Waals surface area contributed by atoms with Gasteiger partial charge in [0.2, 0.25) is 4.96 Å². The maximum absolute atomic E-state index is 13.2. The van der Waals surface area contributed by atoms with Gasteiger partial charge < -0.3 is 9.64 Å². The van der Waals surface area contributed by atoms with Crippen LogP contribution in [0.25, 0.3) is 21.9 Å². The minimum Gasteiger partial charge on any atom is -0.494 e. The molecule has 2 aromatic heterocycles. The van der Waals surface area contributed by atoms with Crippen molar-refractivity contribution in [3.63, 3.8) is 0 Å². The van der Waals surface area contributed by atoms with E-state index in [1.54, 1.807) is 4.90 Å². The molecule has 0 saturated carbocycles. The Morgan fingerprint density at radius 1 is 1.09 bits per heavy atom. The molecule has 0 saturated heterocycles. The number of rotatable bonds is 5. The minimum atomic E-state index is -0.334. The lowest BCUT2D eigenvalue weighted by molar-refractivity contribution is -0.113. The molecule has 1 aliphatic rings. The Bertz CT molecular complexity index is 1460.